The van der Waals surface area contributed by atoms with E-state index in [2.05, 4.69) is 15.5 Å². The van der Waals surface area contributed by atoms with Gasteiger partial charge >= 0.3 is 11.9 Å². The number of esters is 1. The number of benzene rings is 6. The zero-order valence-electron chi connectivity index (χ0n) is 43.6. The molecule has 0 aliphatic heterocycles. The van der Waals surface area contributed by atoms with Crippen LogP contribution in [0.3, 0.4) is 0 Å². The maximum atomic E-state index is 12.7. The summed E-state index contributed by atoms with van der Waals surface area (Å²) >= 11 is 5.99. The lowest BCUT2D eigenvalue weighted by molar-refractivity contribution is 0.0602. The quantitative estimate of drug-likeness (QED) is 0.0778. The summed E-state index contributed by atoms with van der Waals surface area (Å²) < 4.78 is 26.9. The van der Waals surface area contributed by atoms with Crippen LogP contribution in [0.4, 0.5) is 0 Å². The number of carboxylic acid groups (broad SMARTS) is 1. The van der Waals surface area contributed by atoms with Crippen molar-refractivity contribution in [3.63, 3.8) is 0 Å². The molecule has 6 heterocycles. The number of aromatic hydroxyl groups is 3. The number of hydrogen-bond donors (Lipinski definition) is 4. The molecule has 0 unspecified atom stereocenters. The second-order valence-corrected chi connectivity index (χ2v) is 18.8. The normalized spacial score (nSPS) is 11.1. The zero-order valence-corrected chi connectivity index (χ0v) is 44.3. The number of phenolic OH excluding ortho intramolecular Hbond substituents is 3. The summed E-state index contributed by atoms with van der Waals surface area (Å²) in [7, 11) is 1.37. The molecule has 396 valence electrons. The summed E-state index contributed by atoms with van der Waals surface area (Å²) in [6, 6.07) is 42.7. The molecule has 4 N–H and O–H groups in total. The first kappa shape index (κ1) is 52.3. The highest BCUT2D eigenvalue weighted by Gasteiger charge is 2.31. The number of aromatic nitrogens is 6. The van der Waals surface area contributed by atoms with Crippen LogP contribution in [0.1, 0.15) is 65.4 Å². The molecule has 0 aliphatic rings. The number of halogens is 1. The molecule has 0 amide bonds. The van der Waals surface area contributed by atoms with E-state index in [0.717, 1.165) is 55.5 Å². The van der Waals surface area contributed by atoms with E-state index >= 15 is 0 Å². The predicted molar refractivity (Wildman–Crippen MR) is 298 cm³/mol. The van der Waals surface area contributed by atoms with Crippen LogP contribution in [-0.4, -0.2) is 73.9 Å². The van der Waals surface area contributed by atoms with Crippen molar-refractivity contribution in [2.45, 2.75) is 41.5 Å². The molecule has 0 radical (unpaired) electrons. The van der Waals surface area contributed by atoms with Crippen LogP contribution >= 0.6 is 11.6 Å². The number of carbonyl (C=O) groups excluding carboxylic acids is 2. The Hall–Kier alpha value is -10.1. The summed E-state index contributed by atoms with van der Waals surface area (Å²) in [6.45, 7) is 10.8. The van der Waals surface area contributed by atoms with Gasteiger partial charge in [-0.05, 0) is 144 Å². The van der Waals surface area contributed by atoms with Gasteiger partial charge in [0.15, 0.2) is 0 Å². The van der Waals surface area contributed by atoms with Gasteiger partial charge in [0.2, 0.25) is 0 Å². The van der Waals surface area contributed by atoms with E-state index in [-0.39, 0.29) is 22.8 Å². The molecule has 12 aromatic rings. The Labute approximate surface area is 455 Å². The highest BCUT2D eigenvalue weighted by Crippen LogP contribution is 2.43. The molecule has 0 atom stereocenters. The fourth-order valence-corrected chi connectivity index (χ4v) is 10.4. The van der Waals surface area contributed by atoms with E-state index in [1.165, 1.54) is 7.11 Å². The number of aryl methyl sites for hydroxylation is 6. The van der Waals surface area contributed by atoms with Gasteiger partial charge in [-0.1, -0.05) is 70.1 Å². The average Bonchev–Trinajstić information content (AvgIpc) is 4.46. The Balaban J connectivity index is 0.000000134. The maximum absolute atomic E-state index is 12.7. The smallest absolute Gasteiger partial charge is 0.340 e. The Bertz CT molecular complexity index is 4070. The first-order valence-electron chi connectivity index (χ1n) is 24.6. The van der Waals surface area contributed by atoms with Crippen LogP contribution < -0.4 is 0 Å². The van der Waals surface area contributed by atoms with Crippen molar-refractivity contribution >= 4 is 61.5 Å². The summed E-state index contributed by atoms with van der Waals surface area (Å²) in [6.07, 6.45) is 0. The van der Waals surface area contributed by atoms with Crippen molar-refractivity contribution in [2.24, 2.45) is 0 Å². The molecular formula is C61H49ClN6O11. The molecule has 12 rings (SSSR count). The highest BCUT2D eigenvalue weighted by molar-refractivity contribution is 6.69. The fourth-order valence-electron chi connectivity index (χ4n) is 10.2. The molecule has 0 bridgehead atoms. The van der Waals surface area contributed by atoms with Crippen molar-refractivity contribution in [3.05, 3.63) is 197 Å². The summed E-state index contributed by atoms with van der Waals surface area (Å²) in [4.78, 5) is 37.2. The number of phenols is 3. The third-order valence-corrected chi connectivity index (χ3v) is 13.7. The minimum Gasteiger partial charge on any atom is -0.508 e. The van der Waals surface area contributed by atoms with Crippen molar-refractivity contribution < 1.29 is 53.1 Å². The van der Waals surface area contributed by atoms with Crippen LogP contribution in [0.25, 0.3) is 83.5 Å². The molecule has 0 saturated heterocycles. The molecule has 0 fully saturated rings. The summed E-state index contributed by atoms with van der Waals surface area (Å²) in [5.74, 6) is 0.785. The molecule has 18 heteroatoms. The number of aromatic carboxylic acids is 1. The second-order valence-electron chi connectivity index (χ2n) is 18.4. The van der Waals surface area contributed by atoms with Crippen LogP contribution in [-0.2, 0) is 4.74 Å². The van der Waals surface area contributed by atoms with Crippen LogP contribution in [0.5, 0.6) is 17.2 Å². The van der Waals surface area contributed by atoms with Crippen molar-refractivity contribution in [3.8, 4) is 68.1 Å². The largest absolute Gasteiger partial charge is 0.508 e. The van der Waals surface area contributed by atoms with E-state index in [0.29, 0.717) is 73.5 Å². The average molecular weight is 1080 g/mol. The molecule has 0 spiro atoms. The first-order chi connectivity index (χ1) is 38.0. The Morgan fingerprint density at radius 3 is 1.03 bits per heavy atom. The number of carboxylic acids is 1. The summed E-state index contributed by atoms with van der Waals surface area (Å²) in [5, 5.41) is 52.6. The van der Waals surface area contributed by atoms with Crippen molar-refractivity contribution in [1.29, 1.82) is 0 Å². The van der Waals surface area contributed by atoms with Crippen LogP contribution in [0, 0.1) is 41.5 Å². The van der Waals surface area contributed by atoms with Crippen molar-refractivity contribution in [2.75, 3.05) is 7.11 Å². The number of carbonyl (C=O) groups is 3. The lowest BCUT2D eigenvalue weighted by Gasteiger charge is -2.12. The molecule has 0 saturated carbocycles. The van der Waals surface area contributed by atoms with Crippen LogP contribution in [0.2, 0.25) is 0 Å². The molecule has 79 heavy (non-hydrogen) atoms. The van der Waals surface area contributed by atoms with Gasteiger partial charge in [0.1, 0.15) is 34.5 Å². The Kier molecular flexibility index (Phi) is 14.0. The lowest BCUT2D eigenvalue weighted by atomic mass is 10.0. The highest BCUT2D eigenvalue weighted by atomic mass is 35.5. The molecule has 0 aliphatic carbocycles. The van der Waals surface area contributed by atoms with Gasteiger partial charge in [0.25, 0.3) is 5.24 Å². The third kappa shape index (κ3) is 9.31. The molecule has 17 nitrogen and oxygen atoms in total. The zero-order chi connectivity index (χ0) is 56.0. The summed E-state index contributed by atoms with van der Waals surface area (Å²) in [5.41, 5.74) is 11.7. The van der Waals surface area contributed by atoms with E-state index in [9.17, 15) is 34.8 Å². The Morgan fingerprint density at radius 2 is 0.734 bits per heavy atom. The number of fused-ring (bicyclic) bond motifs is 3. The van der Waals surface area contributed by atoms with Crippen LogP contribution in [0.15, 0.2) is 159 Å². The Morgan fingerprint density at radius 1 is 0.443 bits per heavy atom. The number of hydrogen-bond acceptors (Lipinski definition) is 13. The standard InChI is InChI=1S/C21H18N2O4.C20H15ClN2O3.C20H16N2O4/c1-12-18(13(2)27-22-12)20-19(21(25)26-3)16-6-4-5-7-17(16)23(20)14-8-10-15(24)11-9-14;1-11-17(12(2)26-22-11)19-18(20(21)25)15-5-3-4-6-16(15)23(19)13-7-9-14(24)10-8-13;1-11-17(12(2)26-21-11)19-18(20(24)25)15-5-3-4-6-16(15)22(19)13-7-9-14(23)10-8-13/h4-11,24H,1-3H3;3-10,24H,1-2H3;3-10,23H,1-2H3,(H,24,25). The minimum atomic E-state index is -1.02. The van der Waals surface area contributed by atoms with E-state index in [1.807, 2.05) is 101 Å². The van der Waals surface area contributed by atoms with Gasteiger partial charge in [-0.2, -0.15) is 0 Å². The molecular weight excluding hydrogens is 1030 g/mol. The topological polar surface area (TPSA) is 234 Å². The van der Waals surface area contributed by atoms with Gasteiger partial charge < -0.3 is 52.4 Å². The number of ether oxygens (including phenoxy) is 1. The SMILES string of the molecule is COC(=O)c1c(-c2c(C)noc2C)n(-c2ccc(O)cc2)c2ccccc12.Cc1noc(C)c1-c1c(C(=O)Cl)c2ccccc2n1-c1ccc(O)cc1.Cc1noc(C)c1-c1c(C(=O)O)c2ccccc2n1-c1ccc(O)cc1. The second kappa shape index (κ2) is 21.1. The van der Waals surface area contributed by atoms with Gasteiger partial charge in [-0.3, -0.25) is 4.79 Å². The van der Waals surface area contributed by atoms with E-state index in [4.69, 9.17) is 29.9 Å². The fraction of sp³-hybridized carbons (Fsp3) is 0.115. The number of methoxy groups -OCH3 is 1. The molecule has 6 aromatic carbocycles. The lowest BCUT2D eigenvalue weighted by Crippen LogP contribution is -2.05. The van der Waals surface area contributed by atoms with Gasteiger partial charge in [0, 0.05) is 33.2 Å². The third-order valence-electron chi connectivity index (χ3n) is 13.6. The van der Waals surface area contributed by atoms with Gasteiger partial charge in [-0.15, -0.1) is 0 Å². The first-order valence-corrected chi connectivity index (χ1v) is 25.0. The van der Waals surface area contributed by atoms with Crippen molar-refractivity contribution in [1.82, 2.24) is 29.2 Å². The van der Waals surface area contributed by atoms with Gasteiger partial charge in [-0.25, -0.2) is 9.59 Å². The minimum absolute atomic E-state index is 0.141. The number of rotatable bonds is 9. The monoisotopic (exact) mass is 1080 g/mol. The number of para-hydroxylation sites is 3. The van der Waals surface area contributed by atoms with E-state index in [1.54, 1.807) is 99.6 Å². The predicted octanol–water partition coefficient (Wildman–Crippen LogP) is 13.7. The maximum Gasteiger partial charge on any atom is 0.340 e. The van der Waals surface area contributed by atoms with E-state index < -0.39 is 17.2 Å². The van der Waals surface area contributed by atoms with Gasteiger partial charge in [0.05, 0.1) is 91.2 Å². The molecule has 6 aromatic heterocycles. The number of nitrogens with zero attached hydrogens (tertiary/aromatic N) is 6.